The standard InChI is InChI=1S/C23H23BrN2O/c24-20-12-10-17(11-13-20)15-26-14-4-7-19(16-26)23(27)25-22-9-3-6-18-5-1-2-8-21(18)22/h1-3,5-6,8-13,19H,4,7,14-16H2,(H,25,27). The first-order valence-electron chi connectivity index (χ1n) is 9.44. The molecule has 4 rings (SSSR count). The molecule has 138 valence electrons. The van der Waals surface area contributed by atoms with Gasteiger partial charge in [0.15, 0.2) is 0 Å². The maximum atomic E-state index is 12.9. The molecule has 3 aromatic carbocycles. The van der Waals surface area contributed by atoms with Gasteiger partial charge in [-0.2, -0.15) is 0 Å². The van der Waals surface area contributed by atoms with Crippen molar-refractivity contribution in [1.29, 1.82) is 0 Å². The van der Waals surface area contributed by atoms with Crippen LogP contribution in [0.4, 0.5) is 5.69 Å². The van der Waals surface area contributed by atoms with E-state index in [2.05, 4.69) is 68.6 Å². The van der Waals surface area contributed by atoms with Crippen LogP contribution in [0, 0.1) is 5.92 Å². The molecule has 1 atom stereocenters. The number of halogens is 1. The summed E-state index contributed by atoms with van der Waals surface area (Å²) >= 11 is 3.48. The molecule has 27 heavy (non-hydrogen) atoms. The summed E-state index contributed by atoms with van der Waals surface area (Å²) in [6, 6.07) is 22.7. The van der Waals surface area contributed by atoms with Gasteiger partial charge in [-0.25, -0.2) is 0 Å². The second-order valence-electron chi connectivity index (χ2n) is 7.22. The zero-order chi connectivity index (χ0) is 18.6. The summed E-state index contributed by atoms with van der Waals surface area (Å²) in [6.45, 7) is 2.76. The zero-order valence-electron chi connectivity index (χ0n) is 15.2. The molecule has 4 heteroatoms. The number of piperidine rings is 1. The van der Waals surface area contributed by atoms with Gasteiger partial charge in [-0.1, -0.05) is 64.5 Å². The lowest BCUT2D eigenvalue weighted by molar-refractivity contribution is -0.121. The number of anilines is 1. The lowest BCUT2D eigenvalue weighted by Gasteiger charge is -2.32. The van der Waals surface area contributed by atoms with Crippen LogP contribution in [0.1, 0.15) is 18.4 Å². The van der Waals surface area contributed by atoms with Crippen molar-refractivity contribution in [2.24, 2.45) is 5.92 Å². The van der Waals surface area contributed by atoms with E-state index in [1.165, 1.54) is 5.56 Å². The van der Waals surface area contributed by atoms with Crippen LogP contribution >= 0.6 is 15.9 Å². The van der Waals surface area contributed by atoms with Crippen LogP contribution in [-0.4, -0.2) is 23.9 Å². The summed E-state index contributed by atoms with van der Waals surface area (Å²) in [5.74, 6) is 0.167. The number of fused-ring (bicyclic) bond motifs is 1. The summed E-state index contributed by atoms with van der Waals surface area (Å²) in [5, 5.41) is 5.42. The summed E-state index contributed by atoms with van der Waals surface area (Å²) in [4.78, 5) is 15.3. The molecular formula is C23H23BrN2O. The second-order valence-corrected chi connectivity index (χ2v) is 8.13. The van der Waals surface area contributed by atoms with Crippen LogP contribution in [0.3, 0.4) is 0 Å². The Kier molecular flexibility index (Phi) is 5.55. The monoisotopic (exact) mass is 422 g/mol. The van der Waals surface area contributed by atoms with E-state index in [9.17, 15) is 4.79 Å². The molecule has 0 spiro atoms. The number of rotatable bonds is 4. The van der Waals surface area contributed by atoms with Gasteiger partial charge in [0.05, 0.1) is 5.92 Å². The summed E-state index contributed by atoms with van der Waals surface area (Å²) in [7, 11) is 0. The predicted octanol–water partition coefficient (Wildman–Crippen LogP) is 5.45. The second kappa shape index (κ2) is 8.24. The third-order valence-electron chi connectivity index (χ3n) is 5.24. The van der Waals surface area contributed by atoms with Gasteiger partial charge in [0.25, 0.3) is 0 Å². The van der Waals surface area contributed by atoms with E-state index in [4.69, 9.17) is 0 Å². The quantitative estimate of drug-likeness (QED) is 0.605. The molecular weight excluding hydrogens is 400 g/mol. The number of benzene rings is 3. The molecule has 0 bridgehead atoms. The number of likely N-dealkylation sites (tertiary alicyclic amines) is 1. The zero-order valence-corrected chi connectivity index (χ0v) is 16.8. The van der Waals surface area contributed by atoms with Crippen LogP contribution in [0.2, 0.25) is 0 Å². The van der Waals surface area contributed by atoms with Crippen molar-refractivity contribution in [3.05, 3.63) is 76.8 Å². The topological polar surface area (TPSA) is 32.3 Å². The fraction of sp³-hybridized carbons (Fsp3) is 0.261. The number of hydrogen-bond donors (Lipinski definition) is 1. The molecule has 1 aliphatic heterocycles. The minimum absolute atomic E-state index is 0.0353. The van der Waals surface area contributed by atoms with Gasteiger partial charge in [0, 0.05) is 28.6 Å². The van der Waals surface area contributed by atoms with Crippen LogP contribution in [0.25, 0.3) is 10.8 Å². The van der Waals surface area contributed by atoms with Crippen LogP contribution < -0.4 is 5.32 Å². The van der Waals surface area contributed by atoms with Gasteiger partial charge in [0.2, 0.25) is 5.91 Å². The fourth-order valence-electron chi connectivity index (χ4n) is 3.83. The predicted molar refractivity (Wildman–Crippen MR) is 115 cm³/mol. The Bertz CT molecular complexity index is 933. The molecule has 3 nitrogen and oxygen atoms in total. The first kappa shape index (κ1) is 18.2. The molecule has 0 radical (unpaired) electrons. The molecule has 0 saturated carbocycles. The van der Waals surface area contributed by atoms with Gasteiger partial charge in [0.1, 0.15) is 0 Å². The largest absolute Gasteiger partial charge is 0.325 e. The maximum Gasteiger partial charge on any atom is 0.228 e. The molecule has 3 aromatic rings. The van der Waals surface area contributed by atoms with Crippen molar-refractivity contribution < 1.29 is 4.79 Å². The Hall–Kier alpha value is -2.17. The van der Waals surface area contributed by atoms with Gasteiger partial charge in [-0.3, -0.25) is 9.69 Å². The van der Waals surface area contributed by atoms with E-state index >= 15 is 0 Å². The van der Waals surface area contributed by atoms with E-state index in [0.29, 0.717) is 0 Å². The van der Waals surface area contributed by atoms with Gasteiger partial charge in [-0.05, 0) is 48.5 Å². The first-order chi connectivity index (χ1) is 13.2. The van der Waals surface area contributed by atoms with E-state index < -0.39 is 0 Å². The van der Waals surface area contributed by atoms with E-state index in [-0.39, 0.29) is 11.8 Å². The minimum Gasteiger partial charge on any atom is -0.325 e. The molecule has 1 heterocycles. The third kappa shape index (κ3) is 4.40. The summed E-state index contributed by atoms with van der Waals surface area (Å²) < 4.78 is 1.09. The summed E-state index contributed by atoms with van der Waals surface area (Å²) in [6.07, 6.45) is 2.01. The maximum absolute atomic E-state index is 12.9. The molecule has 0 aromatic heterocycles. The van der Waals surface area contributed by atoms with Crippen molar-refractivity contribution in [3.8, 4) is 0 Å². The van der Waals surface area contributed by atoms with Crippen molar-refractivity contribution in [2.45, 2.75) is 19.4 Å². The Labute approximate surface area is 168 Å². The molecule has 1 aliphatic rings. The summed E-state index contributed by atoms with van der Waals surface area (Å²) in [5.41, 5.74) is 2.19. The number of nitrogens with one attached hydrogen (secondary N) is 1. The average molecular weight is 423 g/mol. The molecule has 1 amide bonds. The number of carbonyl (C=O) groups excluding carboxylic acids is 1. The SMILES string of the molecule is O=C(Nc1cccc2ccccc12)C1CCCN(Cc2ccc(Br)cc2)C1. The Balaban J connectivity index is 1.43. The smallest absolute Gasteiger partial charge is 0.228 e. The third-order valence-corrected chi connectivity index (χ3v) is 5.77. The highest BCUT2D eigenvalue weighted by Crippen LogP contribution is 2.25. The minimum atomic E-state index is 0.0353. The van der Waals surface area contributed by atoms with Crippen molar-refractivity contribution in [1.82, 2.24) is 4.90 Å². The fourth-order valence-corrected chi connectivity index (χ4v) is 4.09. The van der Waals surface area contributed by atoms with Gasteiger partial charge in [-0.15, -0.1) is 0 Å². The van der Waals surface area contributed by atoms with Crippen LogP contribution in [0.15, 0.2) is 71.2 Å². The number of carbonyl (C=O) groups is 1. The molecule has 1 saturated heterocycles. The average Bonchev–Trinajstić information content (AvgIpc) is 2.70. The highest BCUT2D eigenvalue weighted by atomic mass is 79.9. The van der Waals surface area contributed by atoms with E-state index in [1.54, 1.807) is 0 Å². The number of amides is 1. The Morgan fingerprint density at radius 3 is 2.67 bits per heavy atom. The highest BCUT2D eigenvalue weighted by molar-refractivity contribution is 9.10. The Morgan fingerprint density at radius 2 is 1.81 bits per heavy atom. The van der Waals surface area contributed by atoms with Crippen molar-refractivity contribution in [2.75, 3.05) is 18.4 Å². The number of hydrogen-bond acceptors (Lipinski definition) is 2. The van der Waals surface area contributed by atoms with Gasteiger partial charge < -0.3 is 5.32 Å². The van der Waals surface area contributed by atoms with Crippen LogP contribution in [-0.2, 0) is 11.3 Å². The normalized spacial score (nSPS) is 17.7. The molecule has 0 aliphatic carbocycles. The van der Waals surface area contributed by atoms with E-state index in [0.717, 1.165) is 53.4 Å². The first-order valence-corrected chi connectivity index (χ1v) is 10.2. The Morgan fingerprint density at radius 1 is 1.04 bits per heavy atom. The highest BCUT2D eigenvalue weighted by Gasteiger charge is 2.26. The molecule has 1 N–H and O–H groups in total. The van der Waals surface area contributed by atoms with Gasteiger partial charge >= 0.3 is 0 Å². The molecule has 1 unspecified atom stereocenters. The molecule has 1 fully saturated rings. The lowest BCUT2D eigenvalue weighted by atomic mass is 9.96. The van der Waals surface area contributed by atoms with E-state index in [1.807, 2.05) is 24.3 Å². The van der Waals surface area contributed by atoms with Crippen LogP contribution in [0.5, 0.6) is 0 Å². The van der Waals surface area contributed by atoms with Crippen molar-refractivity contribution >= 4 is 38.3 Å². The number of nitrogens with zero attached hydrogens (tertiary/aromatic N) is 1. The van der Waals surface area contributed by atoms with Crippen molar-refractivity contribution in [3.63, 3.8) is 0 Å². The lowest BCUT2D eigenvalue weighted by Crippen LogP contribution is -2.40.